The second-order valence-electron chi connectivity index (χ2n) is 4.62. The highest BCUT2D eigenvalue weighted by Crippen LogP contribution is 2.21. The van der Waals surface area contributed by atoms with E-state index in [0.717, 1.165) is 16.8 Å². The number of pyridine rings is 1. The van der Waals surface area contributed by atoms with Crippen molar-refractivity contribution in [1.29, 1.82) is 0 Å². The minimum atomic E-state index is 0.618. The molecule has 1 aromatic rings. The fourth-order valence-corrected chi connectivity index (χ4v) is 2.64. The number of nitrogens with zero attached hydrogens (tertiary/aromatic N) is 1. The molecular weight excluding hydrogens is 264 g/mol. The number of hydrogen-bond donors (Lipinski definition) is 1. The van der Waals surface area contributed by atoms with E-state index in [2.05, 4.69) is 45.3 Å². The van der Waals surface area contributed by atoms with Crippen molar-refractivity contribution in [1.82, 2.24) is 10.3 Å². The molecule has 1 fully saturated rings. The Morgan fingerprint density at radius 2 is 2.38 bits per heavy atom. The predicted molar refractivity (Wildman–Crippen MR) is 70.4 cm³/mol. The van der Waals surface area contributed by atoms with Gasteiger partial charge in [-0.2, -0.15) is 0 Å². The minimum absolute atomic E-state index is 0.618. The SMILES string of the molecule is CCC1CCNC(Cc2ccc(Br)cn2)C1. The van der Waals surface area contributed by atoms with Crippen molar-refractivity contribution in [3.05, 3.63) is 28.5 Å². The molecule has 1 saturated heterocycles. The van der Waals surface area contributed by atoms with Gasteiger partial charge in [0.25, 0.3) is 0 Å². The molecule has 1 N–H and O–H groups in total. The Bertz CT molecular complexity index is 323. The molecule has 1 aliphatic heterocycles. The normalized spacial score (nSPS) is 25.6. The summed E-state index contributed by atoms with van der Waals surface area (Å²) in [6, 6.07) is 4.80. The van der Waals surface area contributed by atoms with Crippen molar-refractivity contribution >= 4 is 15.9 Å². The molecule has 0 aliphatic carbocycles. The van der Waals surface area contributed by atoms with Crippen molar-refractivity contribution in [3.63, 3.8) is 0 Å². The Balaban J connectivity index is 1.91. The molecule has 0 aromatic carbocycles. The first kappa shape index (κ1) is 12.1. The lowest BCUT2D eigenvalue weighted by Gasteiger charge is -2.29. The standard InChI is InChI=1S/C13H19BrN2/c1-2-10-5-6-15-13(7-10)8-12-4-3-11(14)9-16-12/h3-4,9-10,13,15H,2,5-8H2,1H3. The molecule has 2 nitrogen and oxygen atoms in total. The Hall–Kier alpha value is -0.410. The van der Waals surface area contributed by atoms with Crippen molar-refractivity contribution in [2.24, 2.45) is 5.92 Å². The van der Waals surface area contributed by atoms with Crippen LogP contribution in [0.2, 0.25) is 0 Å². The maximum absolute atomic E-state index is 4.44. The van der Waals surface area contributed by atoms with Crippen molar-refractivity contribution in [2.75, 3.05) is 6.54 Å². The molecule has 2 heterocycles. The van der Waals surface area contributed by atoms with Crippen LogP contribution in [0.1, 0.15) is 31.9 Å². The molecule has 0 bridgehead atoms. The van der Waals surface area contributed by atoms with Gasteiger partial charge in [-0.3, -0.25) is 4.98 Å². The first-order valence-corrected chi connectivity index (χ1v) is 6.91. The predicted octanol–water partition coefficient (Wildman–Crippen LogP) is 3.16. The Labute approximate surface area is 106 Å². The zero-order chi connectivity index (χ0) is 11.4. The summed E-state index contributed by atoms with van der Waals surface area (Å²) in [6.07, 6.45) is 6.89. The van der Waals surface area contributed by atoms with Crippen LogP contribution in [-0.2, 0) is 6.42 Å². The molecule has 2 atom stereocenters. The second-order valence-corrected chi connectivity index (χ2v) is 5.54. The summed E-state index contributed by atoms with van der Waals surface area (Å²) in [5, 5.41) is 3.59. The van der Waals surface area contributed by atoms with Gasteiger partial charge in [0.05, 0.1) is 0 Å². The lowest BCUT2D eigenvalue weighted by Crippen LogP contribution is -2.39. The van der Waals surface area contributed by atoms with Crippen LogP contribution in [-0.4, -0.2) is 17.6 Å². The fourth-order valence-electron chi connectivity index (χ4n) is 2.40. The quantitative estimate of drug-likeness (QED) is 0.921. The third-order valence-electron chi connectivity index (χ3n) is 3.42. The van der Waals surface area contributed by atoms with Crippen LogP contribution in [0.5, 0.6) is 0 Å². The zero-order valence-electron chi connectivity index (χ0n) is 9.75. The van der Waals surface area contributed by atoms with Gasteiger partial charge in [0.1, 0.15) is 0 Å². The molecule has 0 spiro atoms. The van der Waals surface area contributed by atoms with E-state index >= 15 is 0 Å². The molecule has 16 heavy (non-hydrogen) atoms. The smallest absolute Gasteiger partial charge is 0.0419 e. The topological polar surface area (TPSA) is 24.9 Å². The molecule has 3 heteroatoms. The maximum Gasteiger partial charge on any atom is 0.0419 e. The minimum Gasteiger partial charge on any atom is -0.314 e. The lowest BCUT2D eigenvalue weighted by atomic mass is 9.88. The summed E-state index contributed by atoms with van der Waals surface area (Å²) in [7, 11) is 0. The molecule has 0 saturated carbocycles. The molecular formula is C13H19BrN2. The zero-order valence-corrected chi connectivity index (χ0v) is 11.3. The van der Waals surface area contributed by atoms with Crippen LogP contribution in [0, 0.1) is 5.92 Å². The summed E-state index contributed by atoms with van der Waals surface area (Å²) in [5.41, 5.74) is 1.19. The van der Waals surface area contributed by atoms with Crippen LogP contribution in [0.15, 0.2) is 22.8 Å². The van der Waals surface area contributed by atoms with E-state index in [4.69, 9.17) is 0 Å². The van der Waals surface area contributed by atoms with Gasteiger partial charge < -0.3 is 5.32 Å². The summed E-state index contributed by atoms with van der Waals surface area (Å²) < 4.78 is 1.05. The fraction of sp³-hybridized carbons (Fsp3) is 0.615. The number of piperidine rings is 1. The Morgan fingerprint density at radius 3 is 3.06 bits per heavy atom. The molecule has 2 rings (SSSR count). The molecule has 0 amide bonds. The van der Waals surface area contributed by atoms with Gasteiger partial charge >= 0.3 is 0 Å². The third kappa shape index (κ3) is 3.29. The van der Waals surface area contributed by atoms with Gasteiger partial charge in [0.15, 0.2) is 0 Å². The van der Waals surface area contributed by atoms with Crippen molar-refractivity contribution in [3.8, 4) is 0 Å². The highest BCUT2D eigenvalue weighted by molar-refractivity contribution is 9.10. The number of aromatic nitrogens is 1. The largest absolute Gasteiger partial charge is 0.314 e. The van der Waals surface area contributed by atoms with Gasteiger partial charge in [0.2, 0.25) is 0 Å². The van der Waals surface area contributed by atoms with E-state index in [1.54, 1.807) is 0 Å². The number of hydrogen-bond acceptors (Lipinski definition) is 2. The maximum atomic E-state index is 4.44. The first-order valence-electron chi connectivity index (χ1n) is 6.11. The molecule has 0 radical (unpaired) electrons. The van der Waals surface area contributed by atoms with E-state index in [0.29, 0.717) is 6.04 Å². The van der Waals surface area contributed by atoms with Gasteiger partial charge in [-0.1, -0.05) is 13.3 Å². The summed E-state index contributed by atoms with van der Waals surface area (Å²) in [6.45, 7) is 3.46. The van der Waals surface area contributed by atoms with Crippen LogP contribution in [0.25, 0.3) is 0 Å². The number of halogens is 1. The average molecular weight is 283 g/mol. The van der Waals surface area contributed by atoms with E-state index in [-0.39, 0.29) is 0 Å². The van der Waals surface area contributed by atoms with Crippen LogP contribution >= 0.6 is 15.9 Å². The average Bonchev–Trinajstić information content (AvgIpc) is 2.32. The lowest BCUT2D eigenvalue weighted by molar-refractivity contribution is 0.293. The van der Waals surface area contributed by atoms with E-state index in [1.165, 1.54) is 31.5 Å². The molecule has 1 aliphatic rings. The second kappa shape index (κ2) is 5.78. The summed E-state index contributed by atoms with van der Waals surface area (Å²) >= 11 is 3.41. The monoisotopic (exact) mass is 282 g/mol. The molecule has 1 aromatic heterocycles. The Morgan fingerprint density at radius 1 is 1.50 bits per heavy atom. The molecule has 88 valence electrons. The number of nitrogens with one attached hydrogen (secondary N) is 1. The highest BCUT2D eigenvalue weighted by atomic mass is 79.9. The van der Waals surface area contributed by atoms with Gasteiger partial charge in [0, 0.05) is 28.8 Å². The van der Waals surface area contributed by atoms with Gasteiger partial charge in [-0.05, 0) is 53.4 Å². The third-order valence-corrected chi connectivity index (χ3v) is 3.89. The van der Waals surface area contributed by atoms with Gasteiger partial charge in [-0.15, -0.1) is 0 Å². The van der Waals surface area contributed by atoms with Crippen molar-refractivity contribution in [2.45, 2.75) is 38.6 Å². The molecule has 2 unspecified atom stereocenters. The first-order chi connectivity index (χ1) is 7.78. The van der Waals surface area contributed by atoms with Crippen LogP contribution in [0.3, 0.4) is 0 Å². The van der Waals surface area contributed by atoms with Gasteiger partial charge in [-0.25, -0.2) is 0 Å². The van der Waals surface area contributed by atoms with E-state index in [9.17, 15) is 0 Å². The summed E-state index contributed by atoms with van der Waals surface area (Å²) in [4.78, 5) is 4.44. The van der Waals surface area contributed by atoms with Crippen LogP contribution in [0.4, 0.5) is 0 Å². The van der Waals surface area contributed by atoms with Crippen LogP contribution < -0.4 is 5.32 Å². The highest BCUT2D eigenvalue weighted by Gasteiger charge is 2.20. The van der Waals surface area contributed by atoms with E-state index < -0.39 is 0 Å². The Kier molecular flexibility index (Phi) is 4.36. The van der Waals surface area contributed by atoms with Crippen molar-refractivity contribution < 1.29 is 0 Å². The summed E-state index contributed by atoms with van der Waals surface area (Å²) in [5.74, 6) is 0.904. The number of rotatable bonds is 3. The van der Waals surface area contributed by atoms with E-state index in [1.807, 2.05) is 6.20 Å².